The molecule has 0 aromatic carbocycles. The molecule has 4 heteroatoms. The lowest BCUT2D eigenvalue weighted by atomic mass is 10.4. The number of ether oxygens (including phenoxy) is 3. The molecule has 23 heavy (non-hydrogen) atoms. The molecule has 0 saturated heterocycles. The zero-order chi connectivity index (χ0) is 16.8. The van der Waals surface area contributed by atoms with E-state index in [2.05, 4.69) is 46.7 Å². The summed E-state index contributed by atoms with van der Waals surface area (Å²) in [5, 5.41) is 0. The molecule has 0 radical (unpaired) electrons. The first-order valence-corrected chi connectivity index (χ1v) is 8.39. The van der Waals surface area contributed by atoms with Crippen LogP contribution in [-0.2, 0) is 14.2 Å². The second kappa shape index (κ2) is 37.8. The molecule has 0 aliphatic heterocycles. The third-order valence-electron chi connectivity index (χ3n) is 2.32. The molecule has 0 heterocycles. The first kappa shape index (κ1) is 34.2. The second-order valence-corrected chi connectivity index (χ2v) is 5.02. The van der Waals surface area contributed by atoms with Crippen LogP contribution in [0.25, 0.3) is 0 Å². The average molecular weight is 340 g/mol. The predicted molar refractivity (Wildman–Crippen MR) is 107 cm³/mol. The Morgan fingerprint density at radius 2 is 1.04 bits per heavy atom. The number of methoxy groups -OCH3 is 1. The van der Waals surface area contributed by atoms with E-state index in [9.17, 15) is 0 Å². The minimum atomic E-state index is 0. The highest BCUT2D eigenvalue weighted by Gasteiger charge is 1.87. The van der Waals surface area contributed by atoms with E-state index in [4.69, 9.17) is 14.2 Å². The minimum absolute atomic E-state index is 0. The number of unbranched alkanes of at least 4 members (excludes halogenated alkanes) is 1. The van der Waals surface area contributed by atoms with Crippen molar-refractivity contribution in [3.8, 4) is 0 Å². The van der Waals surface area contributed by atoms with Gasteiger partial charge in [-0.15, -0.1) is 0 Å². The van der Waals surface area contributed by atoms with Crippen LogP contribution in [0.3, 0.4) is 0 Å². The summed E-state index contributed by atoms with van der Waals surface area (Å²) in [6, 6.07) is 0. The first-order valence-electron chi connectivity index (χ1n) is 8.39. The standard InChI is InChI=1S/C8H18O3.C5H13N.C4H10.2CH4/c1-3-4-10-7-8-11-6-5-9-2;1-4-5-6(2)3;1-3-4-2;;/h3-8H2,1-2H3;4-5H2,1-3H3;3-4H2,1-2H3;2*1H4. The smallest absolute Gasteiger partial charge is 0.0701 e. The van der Waals surface area contributed by atoms with Crippen LogP contribution in [0.5, 0.6) is 0 Å². The van der Waals surface area contributed by atoms with Crippen LogP contribution in [0.1, 0.15) is 68.2 Å². The van der Waals surface area contributed by atoms with Gasteiger partial charge < -0.3 is 19.1 Å². The molecule has 0 aliphatic carbocycles. The van der Waals surface area contributed by atoms with Crippen molar-refractivity contribution >= 4 is 0 Å². The SMILES string of the molecule is C.C.CCCC.CCCN(C)C.CCCOCCOCCOC. The van der Waals surface area contributed by atoms with Crippen LogP contribution in [0.15, 0.2) is 0 Å². The molecule has 0 saturated carbocycles. The number of hydrogen-bond acceptors (Lipinski definition) is 4. The van der Waals surface area contributed by atoms with Crippen LogP contribution in [0.2, 0.25) is 0 Å². The Hall–Kier alpha value is -0.160. The molecule has 0 fully saturated rings. The zero-order valence-corrected chi connectivity index (χ0v) is 15.7. The van der Waals surface area contributed by atoms with Gasteiger partial charge in [-0.25, -0.2) is 0 Å². The summed E-state index contributed by atoms with van der Waals surface area (Å²) in [4.78, 5) is 2.18. The van der Waals surface area contributed by atoms with E-state index in [0.29, 0.717) is 26.4 Å². The van der Waals surface area contributed by atoms with Gasteiger partial charge in [0.25, 0.3) is 0 Å². The predicted octanol–water partition coefficient (Wildman–Crippen LogP) is 5.11. The molecule has 148 valence electrons. The van der Waals surface area contributed by atoms with Crippen molar-refractivity contribution in [2.75, 3.05) is 60.8 Å². The molecule has 0 spiro atoms. The van der Waals surface area contributed by atoms with Gasteiger partial charge in [0.2, 0.25) is 0 Å². The largest absolute Gasteiger partial charge is 0.382 e. The first-order chi connectivity index (χ1) is 10.1. The van der Waals surface area contributed by atoms with Gasteiger partial charge in [0, 0.05) is 13.7 Å². The summed E-state index contributed by atoms with van der Waals surface area (Å²) >= 11 is 0. The van der Waals surface area contributed by atoms with Crippen molar-refractivity contribution in [1.82, 2.24) is 4.90 Å². The molecule has 0 atom stereocenters. The lowest BCUT2D eigenvalue weighted by molar-refractivity contribution is 0.0250. The molecule has 0 unspecified atom stereocenters. The Kier molecular flexibility index (Phi) is 56.3. The van der Waals surface area contributed by atoms with E-state index in [0.717, 1.165) is 13.0 Å². The van der Waals surface area contributed by atoms with Crippen molar-refractivity contribution in [2.45, 2.75) is 68.2 Å². The maximum absolute atomic E-state index is 5.20. The second-order valence-electron chi connectivity index (χ2n) is 5.02. The van der Waals surface area contributed by atoms with Crippen LogP contribution in [0.4, 0.5) is 0 Å². The van der Waals surface area contributed by atoms with Gasteiger partial charge in [0.15, 0.2) is 0 Å². The Morgan fingerprint density at radius 3 is 1.30 bits per heavy atom. The number of nitrogens with zero attached hydrogens (tertiary/aromatic N) is 1. The van der Waals surface area contributed by atoms with Gasteiger partial charge in [0.1, 0.15) is 0 Å². The van der Waals surface area contributed by atoms with Crippen LogP contribution >= 0.6 is 0 Å². The Morgan fingerprint density at radius 1 is 0.609 bits per heavy atom. The fourth-order valence-corrected chi connectivity index (χ4v) is 1.06. The van der Waals surface area contributed by atoms with Crippen molar-refractivity contribution in [3.63, 3.8) is 0 Å². The lowest BCUT2D eigenvalue weighted by Gasteiger charge is -2.03. The highest BCUT2D eigenvalue weighted by atomic mass is 16.5. The molecule has 0 aromatic rings. The van der Waals surface area contributed by atoms with E-state index in [-0.39, 0.29) is 14.9 Å². The van der Waals surface area contributed by atoms with E-state index >= 15 is 0 Å². The minimum Gasteiger partial charge on any atom is -0.382 e. The maximum atomic E-state index is 5.20. The molecule has 0 bridgehead atoms. The number of rotatable bonds is 11. The highest BCUT2D eigenvalue weighted by Crippen LogP contribution is 1.81. The van der Waals surface area contributed by atoms with Crippen LogP contribution in [-0.4, -0.2) is 65.7 Å². The molecular weight excluding hydrogens is 290 g/mol. The fraction of sp³-hybridized carbons (Fsp3) is 1.00. The van der Waals surface area contributed by atoms with Gasteiger partial charge in [-0.05, 0) is 33.5 Å². The summed E-state index contributed by atoms with van der Waals surface area (Å²) in [5.74, 6) is 0. The molecule has 0 amide bonds. The van der Waals surface area contributed by atoms with E-state index < -0.39 is 0 Å². The van der Waals surface area contributed by atoms with Gasteiger partial charge >= 0.3 is 0 Å². The Labute approximate surface area is 148 Å². The fourth-order valence-electron chi connectivity index (χ4n) is 1.06. The van der Waals surface area contributed by atoms with Gasteiger partial charge in [0.05, 0.1) is 26.4 Å². The molecule has 0 aromatic heterocycles. The molecule has 0 rings (SSSR count). The molecule has 0 aliphatic rings. The zero-order valence-electron chi connectivity index (χ0n) is 15.7. The monoisotopic (exact) mass is 339 g/mol. The average Bonchev–Trinajstić information content (AvgIpc) is 2.47. The maximum Gasteiger partial charge on any atom is 0.0701 e. The van der Waals surface area contributed by atoms with Gasteiger partial charge in [-0.1, -0.05) is 55.4 Å². The lowest BCUT2D eigenvalue weighted by Crippen LogP contribution is -2.11. The number of hydrogen-bond donors (Lipinski definition) is 0. The summed E-state index contributed by atoms with van der Waals surface area (Å²) in [6.45, 7) is 13.3. The van der Waals surface area contributed by atoms with E-state index in [1.165, 1.54) is 25.8 Å². The third-order valence-corrected chi connectivity index (χ3v) is 2.32. The Balaban J connectivity index is -0.0000000771. The van der Waals surface area contributed by atoms with Crippen molar-refractivity contribution < 1.29 is 14.2 Å². The summed E-state index contributed by atoms with van der Waals surface area (Å²) in [6.07, 6.45) is 4.96. The van der Waals surface area contributed by atoms with Crippen molar-refractivity contribution in [3.05, 3.63) is 0 Å². The molecular formula is C19H49NO3. The summed E-state index contributed by atoms with van der Waals surface area (Å²) < 4.78 is 15.2. The van der Waals surface area contributed by atoms with Crippen molar-refractivity contribution in [2.24, 2.45) is 0 Å². The Bertz CT molecular complexity index is 135. The van der Waals surface area contributed by atoms with Gasteiger partial charge in [-0.2, -0.15) is 0 Å². The summed E-state index contributed by atoms with van der Waals surface area (Å²) in [5.41, 5.74) is 0. The quantitative estimate of drug-likeness (QED) is 0.489. The molecule has 4 nitrogen and oxygen atoms in total. The molecule has 0 N–H and O–H groups in total. The van der Waals surface area contributed by atoms with Crippen LogP contribution < -0.4 is 0 Å². The third kappa shape index (κ3) is 61.3. The van der Waals surface area contributed by atoms with Gasteiger partial charge in [-0.3, -0.25) is 0 Å². The topological polar surface area (TPSA) is 30.9 Å². The van der Waals surface area contributed by atoms with E-state index in [1.54, 1.807) is 7.11 Å². The highest BCUT2D eigenvalue weighted by molar-refractivity contribution is 4.34. The normalized spacial score (nSPS) is 8.87. The van der Waals surface area contributed by atoms with E-state index in [1.807, 2.05) is 0 Å². The van der Waals surface area contributed by atoms with Crippen molar-refractivity contribution in [1.29, 1.82) is 0 Å². The van der Waals surface area contributed by atoms with Crippen LogP contribution in [0, 0.1) is 0 Å². The summed E-state index contributed by atoms with van der Waals surface area (Å²) in [7, 11) is 5.84.